The molecule has 2 heterocycles. The van der Waals surface area contributed by atoms with Gasteiger partial charge in [0.15, 0.2) is 5.76 Å². The molecule has 3 rings (SSSR count). The Morgan fingerprint density at radius 3 is 2.40 bits per heavy atom. The zero-order valence-electron chi connectivity index (χ0n) is 14.5. The Morgan fingerprint density at radius 1 is 1.32 bits per heavy atom. The molecule has 1 spiro atoms. The van der Waals surface area contributed by atoms with E-state index in [9.17, 15) is 18.0 Å². The van der Waals surface area contributed by atoms with Crippen LogP contribution in [0.3, 0.4) is 0 Å². The van der Waals surface area contributed by atoms with Crippen molar-refractivity contribution in [3.8, 4) is 0 Å². The second-order valence-corrected chi connectivity index (χ2v) is 9.19. The highest BCUT2D eigenvalue weighted by Gasteiger charge is 2.59. The monoisotopic (exact) mass is 370 g/mol. The summed E-state index contributed by atoms with van der Waals surface area (Å²) in [5, 5.41) is 9.12. The molecule has 1 aromatic heterocycles. The van der Waals surface area contributed by atoms with Crippen LogP contribution in [0.1, 0.15) is 35.6 Å². The number of carbonyl (C=O) groups excluding carboxylic acids is 1. The summed E-state index contributed by atoms with van der Waals surface area (Å²) in [6.07, 6.45) is 1.98. The summed E-state index contributed by atoms with van der Waals surface area (Å²) in [5.41, 5.74) is -0.166. The lowest BCUT2D eigenvalue weighted by molar-refractivity contribution is -0.139. The number of rotatable bonds is 4. The molecule has 1 unspecified atom stereocenters. The van der Waals surface area contributed by atoms with Crippen molar-refractivity contribution in [3.63, 3.8) is 0 Å². The number of sulfonamides is 1. The third kappa shape index (κ3) is 2.95. The zero-order chi connectivity index (χ0) is 18.6. The molecule has 1 atom stereocenters. The first-order valence-corrected chi connectivity index (χ1v) is 9.57. The fourth-order valence-corrected chi connectivity index (χ4v) is 4.64. The maximum Gasteiger partial charge on any atom is 0.307 e. The number of piperidine rings is 1. The van der Waals surface area contributed by atoms with Gasteiger partial charge in [0, 0.05) is 33.3 Å². The van der Waals surface area contributed by atoms with Gasteiger partial charge < -0.3 is 14.4 Å². The fraction of sp³-hybridized carbons (Fsp3) is 0.625. The van der Waals surface area contributed by atoms with Crippen LogP contribution in [0.25, 0.3) is 0 Å². The maximum atomic E-state index is 12.6. The molecule has 0 aromatic carbocycles. The van der Waals surface area contributed by atoms with Crippen LogP contribution in [0.15, 0.2) is 15.4 Å². The van der Waals surface area contributed by atoms with Gasteiger partial charge in [-0.3, -0.25) is 9.59 Å². The van der Waals surface area contributed by atoms with Gasteiger partial charge >= 0.3 is 5.97 Å². The number of carboxylic acid groups (broad SMARTS) is 1. The van der Waals surface area contributed by atoms with Crippen LogP contribution in [-0.2, 0) is 14.8 Å². The molecule has 25 heavy (non-hydrogen) atoms. The number of carbonyl (C=O) groups is 2. The van der Waals surface area contributed by atoms with Crippen LogP contribution in [0.2, 0.25) is 0 Å². The molecule has 1 aliphatic carbocycles. The van der Waals surface area contributed by atoms with Crippen molar-refractivity contribution in [1.82, 2.24) is 9.21 Å². The van der Waals surface area contributed by atoms with E-state index in [4.69, 9.17) is 9.52 Å². The van der Waals surface area contributed by atoms with Crippen LogP contribution in [-0.4, -0.2) is 61.8 Å². The van der Waals surface area contributed by atoms with Crippen molar-refractivity contribution in [2.45, 2.75) is 31.1 Å². The van der Waals surface area contributed by atoms with Gasteiger partial charge in [-0.2, -0.15) is 0 Å². The Hall–Kier alpha value is -1.87. The number of nitrogens with zero attached hydrogens (tertiary/aromatic N) is 2. The smallest absolute Gasteiger partial charge is 0.307 e. The standard InChI is InChI=1S/C16H22N2O6S/c1-10-13(25(22,23)17(2)3)8-12(24-10)14(19)18-6-4-16(5-7-18)9-11(16)15(20)21/h8,11H,4-7,9H2,1-3H3,(H,20,21). The third-order valence-corrected chi connectivity index (χ3v) is 7.30. The SMILES string of the molecule is Cc1oc(C(=O)N2CCC3(CC2)CC3C(=O)O)cc1S(=O)(=O)N(C)C. The minimum Gasteiger partial charge on any atom is -0.481 e. The summed E-state index contributed by atoms with van der Waals surface area (Å²) < 4.78 is 31.0. The van der Waals surface area contributed by atoms with E-state index >= 15 is 0 Å². The van der Waals surface area contributed by atoms with Gasteiger partial charge in [0.1, 0.15) is 10.7 Å². The van der Waals surface area contributed by atoms with Crippen molar-refractivity contribution in [1.29, 1.82) is 0 Å². The number of likely N-dealkylation sites (tertiary alicyclic amines) is 1. The van der Waals surface area contributed by atoms with Crippen molar-refractivity contribution >= 4 is 21.9 Å². The number of amides is 1. The third-order valence-electron chi connectivity index (χ3n) is 5.38. The van der Waals surface area contributed by atoms with Gasteiger partial charge in [-0.05, 0) is 31.6 Å². The largest absolute Gasteiger partial charge is 0.481 e. The maximum absolute atomic E-state index is 12.6. The molecule has 1 aromatic rings. The number of aliphatic carboxylic acids is 1. The van der Waals surface area contributed by atoms with Gasteiger partial charge in [0.05, 0.1) is 5.92 Å². The Balaban J connectivity index is 1.72. The number of carboxylic acids is 1. The van der Waals surface area contributed by atoms with Gasteiger partial charge in [-0.25, -0.2) is 12.7 Å². The van der Waals surface area contributed by atoms with Gasteiger partial charge in [0.25, 0.3) is 5.91 Å². The van der Waals surface area contributed by atoms with Crippen LogP contribution < -0.4 is 0 Å². The molecule has 2 fully saturated rings. The lowest BCUT2D eigenvalue weighted by atomic mass is 9.90. The second kappa shape index (κ2) is 5.84. The highest BCUT2D eigenvalue weighted by molar-refractivity contribution is 7.89. The van der Waals surface area contributed by atoms with E-state index in [0.717, 1.165) is 4.31 Å². The van der Waals surface area contributed by atoms with E-state index in [1.165, 1.54) is 27.1 Å². The molecule has 0 bridgehead atoms. The Morgan fingerprint density at radius 2 is 1.92 bits per heavy atom. The minimum atomic E-state index is -3.67. The summed E-state index contributed by atoms with van der Waals surface area (Å²) in [6, 6.07) is 1.27. The summed E-state index contributed by atoms with van der Waals surface area (Å²) >= 11 is 0. The highest BCUT2D eigenvalue weighted by atomic mass is 32.2. The topological polar surface area (TPSA) is 108 Å². The van der Waals surface area contributed by atoms with E-state index in [1.807, 2.05) is 0 Å². The van der Waals surface area contributed by atoms with Gasteiger partial charge in [0.2, 0.25) is 10.0 Å². The second-order valence-electron chi connectivity index (χ2n) is 7.07. The van der Waals surface area contributed by atoms with E-state index in [2.05, 4.69) is 0 Å². The van der Waals surface area contributed by atoms with Crippen molar-refractivity contribution in [3.05, 3.63) is 17.6 Å². The van der Waals surface area contributed by atoms with Crippen molar-refractivity contribution < 1.29 is 27.5 Å². The van der Waals surface area contributed by atoms with Gasteiger partial charge in [-0.15, -0.1) is 0 Å². The molecule has 1 saturated carbocycles. The van der Waals surface area contributed by atoms with Crippen LogP contribution in [0, 0.1) is 18.3 Å². The molecule has 2 aliphatic rings. The first-order valence-electron chi connectivity index (χ1n) is 8.13. The number of furan rings is 1. The first kappa shape index (κ1) is 17.9. The zero-order valence-corrected chi connectivity index (χ0v) is 15.3. The molecule has 1 saturated heterocycles. The van der Waals surface area contributed by atoms with Crippen molar-refractivity contribution in [2.75, 3.05) is 27.2 Å². The van der Waals surface area contributed by atoms with Crippen LogP contribution >= 0.6 is 0 Å². The van der Waals surface area contributed by atoms with Gasteiger partial charge in [-0.1, -0.05) is 0 Å². The molecule has 1 aliphatic heterocycles. The lowest BCUT2D eigenvalue weighted by Crippen LogP contribution is -2.39. The Kier molecular flexibility index (Phi) is 4.19. The number of hydrogen-bond donors (Lipinski definition) is 1. The Bertz CT molecular complexity index is 818. The molecule has 0 radical (unpaired) electrons. The van der Waals surface area contributed by atoms with E-state index in [-0.39, 0.29) is 33.7 Å². The fourth-order valence-electron chi connectivity index (χ4n) is 3.58. The van der Waals surface area contributed by atoms with Crippen LogP contribution in [0.5, 0.6) is 0 Å². The summed E-state index contributed by atoms with van der Waals surface area (Å²) in [6.45, 7) is 2.43. The van der Waals surface area contributed by atoms with Crippen LogP contribution in [0.4, 0.5) is 0 Å². The quantitative estimate of drug-likeness (QED) is 0.852. The number of aryl methyl sites for hydroxylation is 1. The summed E-state index contributed by atoms with van der Waals surface area (Å²) in [7, 11) is -0.836. The predicted molar refractivity (Wildman–Crippen MR) is 87.6 cm³/mol. The normalized spacial score (nSPS) is 22.4. The molecule has 8 nitrogen and oxygen atoms in total. The first-order chi connectivity index (χ1) is 11.6. The van der Waals surface area contributed by atoms with E-state index < -0.39 is 16.0 Å². The van der Waals surface area contributed by atoms with Crippen molar-refractivity contribution in [2.24, 2.45) is 11.3 Å². The Labute approximate surface area is 146 Å². The predicted octanol–water partition coefficient (Wildman–Crippen LogP) is 1.17. The molecule has 1 N–H and O–H groups in total. The number of hydrogen-bond acceptors (Lipinski definition) is 5. The van der Waals surface area contributed by atoms with E-state index in [0.29, 0.717) is 32.4 Å². The van der Waals surface area contributed by atoms with E-state index in [1.54, 1.807) is 4.90 Å². The highest BCUT2D eigenvalue weighted by Crippen LogP contribution is 2.59. The summed E-state index contributed by atoms with van der Waals surface area (Å²) in [5.74, 6) is -1.24. The minimum absolute atomic E-state index is 0.000503. The molecular weight excluding hydrogens is 348 g/mol. The average Bonchev–Trinajstić information content (AvgIpc) is 3.09. The molecule has 1 amide bonds. The summed E-state index contributed by atoms with van der Waals surface area (Å²) in [4.78, 5) is 25.3. The molecular formula is C16H22N2O6S. The average molecular weight is 370 g/mol. The molecule has 138 valence electrons. The lowest BCUT2D eigenvalue weighted by Gasteiger charge is -2.32. The molecule has 9 heteroatoms.